The number of pyridine rings is 1. The molecule has 0 saturated carbocycles. The molecule has 5 heteroatoms. The quantitative estimate of drug-likeness (QED) is 0.746. The van der Waals surface area contributed by atoms with E-state index in [0.717, 1.165) is 30.1 Å². The van der Waals surface area contributed by atoms with Gasteiger partial charge in [0, 0.05) is 36.1 Å². The molecular formula is C17H27N3OS. The molecule has 1 fully saturated rings. The highest BCUT2D eigenvalue weighted by atomic mass is 32.2. The van der Waals surface area contributed by atoms with Crippen molar-refractivity contribution in [3.05, 3.63) is 29.6 Å². The van der Waals surface area contributed by atoms with Gasteiger partial charge in [-0.2, -0.15) is 11.8 Å². The first-order chi connectivity index (χ1) is 10.6. The lowest BCUT2D eigenvalue weighted by Gasteiger charge is -2.15. The number of carbonyl (C=O) groups excluding carboxylic acids is 1. The monoisotopic (exact) mass is 321 g/mol. The number of aryl methyl sites for hydroxylation is 1. The van der Waals surface area contributed by atoms with E-state index in [2.05, 4.69) is 15.2 Å². The molecule has 4 nitrogen and oxygen atoms in total. The smallest absolute Gasteiger partial charge is 0.230 e. The van der Waals surface area contributed by atoms with Crippen LogP contribution in [0.3, 0.4) is 0 Å². The molecule has 2 heterocycles. The third-order valence-corrected chi connectivity index (χ3v) is 4.79. The van der Waals surface area contributed by atoms with E-state index >= 15 is 0 Å². The van der Waals surface area contributed by atoms with E-state index in [-0.39, 0.29) is 11.9 Å². The van der Waals surface area contributed by atoms with Crippen LogP contribution >= 0.6 is 11.8 Å². The maximum atomic E-state index is 11.9. The summed E-state index contributed by atoms with van der Waals surface area (Å²) < 4.78 is 0. The fraction of sp³-hybridized carbons (Fsp3) is 0.647. The minimum atomic E-state index is 0.126. The van der Waals surface area contributed by atoms with Gasteiger partial charge in [-0.05, 0) is 51.9 Å². The summed E-state index contributed by atoms with van der Waals surface area (Å²) in [5.74, 6) is 1.73. The zero-order valence-electron chi connectivity index (χ0n) is 13.7. The average Bonchev–Trinajstić information content (AvgIpc) is 2.96. The highest BCUT2D eigenvalue weighted by Crippen LogP contribution is 2.09. The fourth-order valence-corrected chi connectivity index (χ4v) is 3.56. The van der Waals surface area contributed by atoms with Crippen molar-refractivity contribution in [2.45, 2.75) is 39.2 Å². The van der Waals surface area contributed by atoms with Crippen molar-refractivity contribution in [1.82, 2.24) is 15.2 Å². The lowest BCUT2D eigenvalue weighted by Crippen LogP contribution is -2.35. The highest BCUT2D eigenvalue weighted by Gasteiger charge is 2.12. The molecule has 0 spiro atoms. The topological polar surface area (TPSA) is 45.2 Å². The van der Waals surface area contributed by atoms with Crippen molar-refractivity contribution < 1.29 is 4.79 Å². The molecule has 0 bridgehead atoms. The normalized spacial score (nSPS) is 16.6. The molecule has 1 aromatic rings. The van der Waals surface area contributed by atoms with Gasteiger partial charge < -0.3 is 10.2 Å². The number of nitrogens with one attached hydrogen (secondary N) is 1. The van der Waals surface area contributed by atoms with Crippen LogP contribution in [0.25, 0.3) is 0 Å². The Bertz CT molecular complexity index is 475. The molecule has 0 unspecified atom stereocenters. The molecule has 0 radical (unpaired) electrons. The van der Waals surface area contributed by atoms with E-state index in [4.69, 9.17) is 0 Å². The molecule has 1 saturated heterocycles. The van der Waals surface area contributed by atoms with Gasteiger partial charge in [0.1, 0.15) is 0 Å². The molecule has 1 aliphatic rings. The van der Waals surface area contributed by atoms with Crippen LogP contribution in [0.1, 0.15) is 31.2 Å². The van der Waals surface area contributed by atoms with E-state index in [0.29, 0.717) is 5.75 Å². The summed E-state index contributed by atoms with van der Waals surface area (Å²) in [7, 11) is 0. The molecule has 22 heavy (non-hydrogen) atoms. The van der Waals surface area contributed by atoms with Crippen LogP contribution in [0.15, 0.2) is 18.2 Å². The van der Waals surface area contributed by atoms with Crippen molar-refractivity contribution in [3.8, 4) is 0 Å². The maximum absolute atomic E-state index is 11.9. The van der Waals surface area contributed by atoms with Gasteiger partial charge in [-0.25, -0.2) is 0 Å². The van der Waals surface area contributed by atoms with Crippen LogP contribution in [0.5, 0.6) is 0 Å². The van der Waals surface area contributed by atoms with Crippen molar-refractivity contribution >= 4 is 17.7 Å². The van der Waals surface area contributed by atoms with E-state index in [1.54, 1.807) is 11.8 Å². The van der Waals surface area contributed by atoms with Crippen molar-refractivity contribution in [2.24, 2.45) is 0 Å². The summed E-state index contributed by atoms with van der Waals surface area (Å²) in [6.07, 6.45) is 3.44. The number of thioether (sulfide) groups is 1. The number of hydrogen-bond acceptors (Lipinski definition) is 4. The molecule has 1 aliphatic heterocycles. The van der Waals surface area contributed by atoms with Crippen LogP contribution in [0, 0.1) is 6.92 Å². The van der Waals surface area contributed by atoms with E-state index < -0.39 is 0 Å². The van der Waals surface area contributed by atoms with Gasteiger partial charge in [-0.3, -0.25) is 9.78 Å². The molecule has 1 N–H and O–H groups in total. The number of rotatable bonds is 8. The van der Waals surface area contributed by atoms with Crippen molar-refractivity contribution in [1.29, 1.82) is 0 Å². The largest absolute Gasteiger partial charge is 0.353 e. The number of nitrogens with zero attached hydrogens (tertiary/aromatic N) is 2. The van der Waals surface area contributed by atoms with Crippen LogP contribution in [0.4, 0.5) is 0 Å². The second kappa shape index (κ2) is 9.16. The summed E-state index contributed by atoms with van der Waals surface area (Å²) in [6, 6.07) is 6.14. The van der Waals surface area contributed by atoms with Crippen LogP contribution < -0.4 is 5.32 Å². The molecule has 1 aromatic heterocycles. The van der Waals surface area contributed by atoms with Gasteiger partial charge in [-0.1, -0.05) is 6.07 Å². The van der Waals surface area contributed by atoms with E-state index in [1.807, 2.05) is 32.0 Å². The Hall–Kier alpha value is -1.07. The average molecular weight is 321 g/mol. The number of likely N-dealkylation sites (tertiary alicyclic amines) is 1. The Labute approximate surface area is 138 Å². The number of hydrogen-bond donors (Lipinski definition) is 1. The Morgan fingerprint density at radius 1 is 1.41 bits per heavy atom. The van der Waals surface area contributed by atoms with Crippen molar-refractivity contribution in [3.63, 3.8) is 0 Å². The molecule has 2 rings (SSSR count). The summed E-state index contributed by atoms with van der Waals surface area (Å²) in [4.78, 5) is 18.9. The van der Waals surface area contributed by atoms with Gasteiger partial charge in [-0.15, -0.1) is 0 Å². The van der Waals surface area contributed by atoms with Gasteiger partial charge in [0.05, 0.1) is 5.75 Å². The second-order valence-corrected chi connectivity index (χ2v) is 7.15. The lowest BCUT2D eigenvalue weighted by molar-refractivity contribution is -0.119. The number of amides is 1. The zero-order valence-corrected chi connectivity index (χ0v) is 14.5. The summed E-state index contributed by atoms with van der Waals surface area (Å²) >= 11 is 1.73. The second-order valence-electron chi connectivity index (χ2n) is 6.04. The first-order valence-corrected chi connectivity index (χ1v) is 9.31. The molecular weight excluding hydrogens is 294 g/mol. The minimum Gasteiger partial charge on any atom is -0.353 e. The van der Waals surface area contributed by atoms with Crippen LogP contribution in [-0.4, -0.2) is 53.0 Å². The SMILES string of the molecule is Cc1cccc(C[C@@H](C)NC(=O)CSCCN2CCCC2)n1. The van der Waals surface area contributed by atoms with Crippen LogP contribution in [-0.2, 0) is 11.2 Å². The Morgan fingerprint density at radius 2 is 2.18 bits per heavy atom. The molecule has 1 amide bonds. The van der Waals surface area contributed by atoms with E-state index in [1.165, 1.54) is 25.9 Å². The van der Waals surface area contributed by atoms with Gasteiger partial charge in [0.2, 0.25) is 5.91 Å². The first-order valence-electron chi connectivity index (χ1n) is 8.15. The molecule has 0 aromatic carbocycles. The van der Waals surface area contributed by atoms with Crippen molar-refractivity contribution in [2.75, 3.05) is 31.1 Å². The lowest BCUT2D eigenvalue weighted by atomic mass is 10.1. The molecule has 122 valence electrons. The van der Waals surface area contributed by atoms with Gasteiger partial charge in [0.15, 0.2) is 0 Å². The Morgan fingerprint density at radius 3 is 2.91 bits per heavy atom. The Balaban J connectivity index is 1.59. The number of aromatic nitrogens is 1. The molecule has 1 atom stereocenters. The summed E-state index contributed by atoms with van der Waals surface area (Å²) in [5.41, 5.74) is 2.06. The minimum absolute atomic E-state index is 0.126. The van der Waals surface area contributed by atoms with Crippen LogP contribution in [0.2, 0.25) is 0 Å². The summed E-state index contributed by atoms with van der Waals surface area (Å²) in [6.45, 7) is 7.60. The molecule has 0 aliphatic carbocycles. The predicted octanol–water partition coefficient (Wildman–Crippen LogP) is 2.27. The Kier molecular flexibility index (Phi) is 7.19. The third-order valence-electron chi connectivity index (χ3n) is 3.85. The van der Waals surface area contributed by atoms with Gasteiger partial charge >= 0.3 is 0 Å². The standard InChI is InChI=1S/C17H27N3OS/c1-14-6-5-7-16(18-14)12-15(2)19-17(21)13-22-11-10-20-8-3-4-9-20/h5-7,15H,3-4,8-13H2,1-2H3,(H,19,21)/t15-/m1/s1. The third kappa shape index (κ3) is 6.36. The first kappa shape index (κ1) is 17.3. The van der Waals surface area contributed by atoms with E-state index in [9.17, 15) is 4.79 Å². The van der Waals surface area contributed by atoms with Gasteiger partial charge in [0.25, 0.3) is 0 Å². The fourth-order valence-electron chi connectivity index (χ4n) is 2.76. The summed E-state index contributed by atoms with van der Waals surface area (Å²) in [5, 5.41) is 3.06. The number of carbonyl (C=O) groups is 1. The predicted molar refractivity (Wildman–Crippen MR) is 93.3 cm³/mol. The maximum Gasteiger partial charge on any atom is 0.230 e. The highest BCUT2D eigenvalue weighted by molar-refractivity contribution is 7.99. The zero-order chi connectivity index (χ0) is 15.8.